The summed E-state index contributed by atoms with van der Waals surface area (Å²) in [7, 11) is -3.73. The van der Waals surface area contributed by atoms with E-state index in [1.165, 1.54) is 0 Å². The van der Waals surface area contributed by atoms with Crippen molar-refractivity contribution in [2.24, 2.45) is 5.14 Å². The summed E-state index contributed by atoms with van der Waals surface area (Å²) in [5.74, 6) is 0. The Kier molecular flexibility index (Phi) is 3.31. The molecule has 3 N–H and O–H groups in total. The van der Waals surface area contributed by atoms with Crippen molar-refractivity contribution in [3.05, 3.63) is 21.1 Å². The Labute approximate surface area is 111 Å². The van der Waals surface area contributed by atoms with E-state index in [0.717, 1.165) is 17.3 Å². The van der Waals surface area contributed by atoms with Crippen molar-refractivity contribution in [1.82, 2.24) is 0 Å². The Morgan fingerprint density at radius 1 is 1.31 bits per heavy atom. The maximum absolute atomic E-state index is 11.5. The summed E-state index contributed by atoms with van der Waals surface area (Å²) in [6, 6.07) is 3.75. The molecule has 4 nitrogen and oxygen atoms in total. The molecular weight excluding hydrogens is 360 g/mol. The molecule has 0 aliphatic heterocycles. The van der Waals surface area contributed by atoms with Crippen LogP contribution in [0.1, 0.15) is 12.8 Å². The van der Waals surface area contributed by atoms with Crippen LogP contribution in [-0.2, 0) is 10.0 Å². The SMILES string of the molecule is NS(=O)(=O)c1c(Br)cc(Br)cc1NC1CC1. The van der Waals surface area contributed by atoms with Gasteiger partial charge in [-0.3, -0.25) is 0 Å². The van der Waals surface area contributed by atoms with Crippen LogP contribution < -0.4 is 10.5 Å². The van der Waals surface area contributed by atoms with E-state index in [1.807, 2.05) is 0 Å². The van der Waals surface area contributed by atoms with E-state index in [1.54, 1.807) is 12.1 Å². The molecule has 1 aromatic rings. The first kappa shape index (κ1) is 12.3. The van der Waals surface area contributed by atoms with E-state index in [9.17, 15) is 8.42 Å². The van der Waals surface area contributed by atoms with Crippen LogP contribution in [0.2, 0.25) is 0 Å². The molecule has 0 heterocycles. The van der Waals surface area contributed by atoms with Gasteiger partial charge in [-0.1, -0.05) is 15.9 Å². The van der Waals surface area contributed by atoms with E-state index in [0.29, 0.717) is 16.2 Å². The highest BCUT2D eigenvalue weighted by Gasteiger charge is 2.25. The molecule has 7 heteroatoms. The number of nitrogens with two attached hydrogens (primary N) is 1. The number of halogens is 2. The molecule has 1 aromatic carbocycles. The van der Waals surface area contributed by atoms with E-state index >= 15 is 0 Å². The van der Waals surface area contributed by atoms with Crippen LogP contribution in [0.15, 0.2) is 26.0 Å². The van der Waals surface area contributed by atoms with Gasteiger partial charge in [0.25, 0.3) is 0 Å². The summed E-state index contributed by atoms with van der Waals surface area (Å²) in [5, 5.41) is 8.35. The van der Waals surface area contributed by atoms with Crippen molar-refractivity contribution in [1.29, 1.82) is 0 Å². The number of hydrogen-bond donors (Lipinski definition) is 2. The molecular formula is C9H10Br2N2O2S. The first-order chi connectivity index (χ1) is 7.38. The molecule has 0 aromatic heterocycles. The largest absolute Gasteiger partial charge is 0.381 e. The highest BCUT2D eigenvalue weighted by molar-refractivity contribution is 9.11. The standard InChI is InChI=1S/C9H10Br2N2O2S/c10-5-3-7(11)9(16(12,14)15)8(4-5)13-6-1-2-6/h3-4,6,13H,1-2H2,(H2,12,14,15). The second kappa shape index (κ2) is 4.29. The molecule has 1 fully saturated rings. The lowest BCUT2D eigenvalue weighted by Gasteiger charge is -2.12. The lowest BCUT2D eigenvalue weighted by atomic mass is 10.3. The second-order valence-corrected chi connectivity index (χ2v) is 7.00. The molecule has 88 valence electrons. The van der Waals surface area contributed by atoms with Gasteiger partial charge in [0, 0.05) is 15.0 Å². The molecule has 0 unspecified atom stereocenters. The Hall–Kier alpha value is -0.110. The lowest BCUT2D eigenvalue weighted by Crippen LogP contribution is -2.16. The fourth-order valence-electron chi connectivity index (χ4n) is 1.40. The molecule has 0 bridgehead atoms. The smallest absolute Gasteiger partial charge is 0.241 e. The van der Waals surface area contributed by atoms with Crippen LogP contribution in [0.3, 0.4) is 0 Å². The third-order valence-corrected chi connectivity index (χ3v) is 4.58. The molecule has 1 saturated carbocycles. The molecule has 0 radical (unpaired) electrons. The zero-order valence-corrected chi connectivity index (χ0v) is 12.2. The number of rotatable bonds is 3. The van der Waals surface area contributed by atoms with Crippen LogP contribution >= 0.6 is 31.9 Å². The predicted octanol–water partition coefficient (Wildman–Crippen LogP) is 2.43. The lowest BCUT2D eigenvalue weighted by molar-refractivity contribution is 0.597. The Morgan fingerprint density at radius 2 is 1.94 bits per heavy atom. The number of benzene rings is 1. The maximum atomic E-state index is 11.5. The molecule has 2 rings (SSSR count). The van der Waals surface area contributed by atoms with Crippen molar-refractivity contribution in [2.45, 2.75) is 23.8 Å². The second-order valence-electron chi connectivity index (χ2n) is 3.73. The first-order valence-corrected chi connectivity index (χ1v) is 7.79. The summed E-state index contributed by atoms with van der Waals surface area (Å²) < 4.78 is 24.2. The third-order valence-electron chi connectivity index (χ3n) is 2.23. The number of sulfonamides is 1. The molecule has 1 aliphatic carbocycles. The van der Waals surface area contributed by atoms with Gasteiger partial charge in [-0.2, -0.15) is 0 Å². The van der Waals surface area contributed by atoms with Gasteiger partial charge in [0.05, 0.1) is 5.69 Å². The zero-order valence-electron chi connectivity index (χ0n) is 8.20. The number of hydrogen-bond acceptors (Lipinski definition) is 3. The number of nitrogens with one attached hydrogen (secondary N) is 1. The van der Waals surface area contributed by atoms with Gasteiger partial charge in [0.15, 0.2) is 0 Å². The van der Waals surface area contributed by atoms with Crippen molar-refractivity contribution in [3.8, 4) is 0 Å². The summed E-state index contributed by atoms with van der Waals surface area (Å²) in [4.78, 5) is 0.114. The van der Waals surface area contributed by atoms with Crippen LogP contribution in [0.25, 0.3) is 0 Å². The van der Waals surface area contributed by atoms with E-state index in [4.69, 9.17) is 5.14 Å². The summed E-state index contributed by atoms with van der Waals surface area (Å²) >= 11 is 6.53. The van der Waals surface area contributed by atoms with Gasteiger partial charge in [0.1, 0.15) is 4.90 Å². The molecule has 1 aliphatic rings. The third kappa shape index (κ3) is 2.77. The number of primary sulfonamides is 1. The predicted molar refractivity (Wildman–Crippen MR) is 69.9 cm³/mol. The molecule has 0 atom stereocenters. The average Bonchev–Trinajstić information content (AvgIpc) is 2.83. The molecule has 16 heavy (non-hydrogen) atoms. The Balaban J connectivity index is 2.54. The monoisotopic (exact) mass is 368 g/mol. The normalized spacial score (nSPS) is 16.2. The van der Waals surface area contributed by atoms with Crippen LogP contribution in [0.5, 0.6) is 0 Å². The van der Waals surface area contributed by atoms with Gasteiger partial charge in [-0.15, -0.1) is 0 Å². The van der Waals surface area contributed by atoms with Gasteiger partial charge in [0.2, 0.25) is 10.0 Å². The first-order valence-electron chi connectivity index (χ1n) is 4.66. The van der Waals surface area contributed by atoms with Crippen LogP contribution in [0.4, 0.5) is 5.69 Å². The van der Waals surface area contributed by atoms with E-state index in [-0.39, 0.29) is 4.90 Å². The van der Waals surface area contributed by atoms with Crippen LogP contribution in [0, 0.1) is 0 Å². The van der Waals surface area contributed by atoms with Crippen LogP contribution in [-0.4, -0.2) is 14.5 Å². The average molecular weight is 370 g/mol. The van der Waals surface area contributed by atoms with Crippen molar-refractivity contribution in [3.63, 3.8) is 0 Å². The minimum absolute atomic E-state index is 0.114. The van der Waals surface area contributed by atoms with Crippen molar-refractivity contribution in [2.75, 3.05) is 5.32 Å². The van der Waals surface area contributed by atoms with Gasteiger partial charge < -0.3 is 5.32 Å². The molecule has 0 spiro atoms. The minimum atomic E-state index is -3.73. The van der Waals surface area contributed by atoms with E-state index < -0.39 is 10.0 Å². The number of anilines is 1. The van der Waals surface area contributed by atoms with Crippen molar-refractivity contribution >= 4 is 47.6 Å². The quantitative estimate of drug-likeness (QED) is 0.859. The fraction of sp³-hybridized carbons (Fsp3) is 0.333. The summed E-state index contributed by atoms with van der Waals surface area (Å²) in [6.07, 6.45) is 2.13. The Bertz CT molecular complexity index is 527. The Morgan fingerprint density at radius 3 is 2.44 bits per heavy atom. The van der Waals surface area contributed by atoms with Gasteiger partial charge >= 0.3 is 0 Å². The highest BCUT2D eigenvalue weighted by atomic mass is 79.9. The summed E-state index contributed by atoms with van der Waals surface area (Å²) in [6.45, 7) is 0. The maximum Gasteiger partial charge on any atom is 0.241 e. The van der Waals surface area contributed by atoms with Gasteiger partial charge in [-0.05, 0) is 40.9 Å². The summed E-state index contributed by atoms with van der Waals surface area (Å²) in [5.41, 5.74) is 0.547. The van der Waals surface area contributed by atoms with Gasteiger partial charge in [-0.25, -0.2) is 13.6 Å². The molecule has 0 saturated heterocycles. The topological polar surface area (TPSA) is 72.2 Å². The van der Waals surface area contributed by atoms with Crippen molar-refractivity contribution < 1.29 is 8.42 Å². The fourth-order valence-corrected chi connectivity index (χ4v) is 4.06. The minimum Gasteiger partial charge on any atom is -0.381 e. The van der Waals surface area contributed by atoms with E-state index in [2.05, 4.69) is 37.2 Å². The highest BCUT2D eigenvalue weighted by Crippen LogP contribution is 2.35. The molecule has 0 amide bonds. The zero-order chi connectivity index (χ0) is 11.9.